The second kappa shape index (κ2) is 6.37. The summed E-state index contributed by atoms with van der Waals surface area (Å²) in [5.74, 6) is 1.38. The maximum Gasteiger partial charge on any atom is 0.118 e. The van der Waals surface area contributed by atoms with Crippen LogP contribution in [-0.4, -0.2) is 42.9 Å². The lowest BCUT2D eigenvalue weighted by molar-refractivity contribution is 0.105. The first kappa shape index (κ1) is 14.3. The molecule has 0 spiro atoms. The highest BCUT2D eigenvalue weighted by Gasteiger charge is 2.35. The maximum absolute atomic E-state index is 9.58. The molecule has 106 valence electrons. The molecule has 1 saturated heterocycles. The Morgan fingerprint density at radius 1 is 1.42 bits per heavy atom. The predicted octanol–water partition coefficient (Wildman–Crippen LogP) is 1.40. The van der Waals surface area contributed by atoms with E-state index in [1.165, 1.54) is 5.56 Å². The molecule has 1 aliphatic rings. The van der Waals surface area contributed by atoms with Crippen LogP contribution in [-0.2, 0) is 0 Å². The van der Waals surface area contributed by atoms with Crippen LogP contribution in [0.4, 0.5) is 0 Å². The molecule has 4 nitrogen and oxygen atoms in total. The lowest BCUT2D eigenvalue weighted by Crippen LogP contribution is -2.41. The van der Waals surface area contributed by atoms with E-state index in [0.29, 0.717) is 12.5 Å². The van der Waals surface area contributed by atoms with Crippen molar-refractivity contribution in [1.82, 2.24) is 4.90 Å². The number of aliphatic hydroxyl groups excluding tert-OH is 1. The number of hydrogen-bond donors (Lipinski definition) is 2. The molecule has 1 aliphatic heterocycles. The summed E-state index contributed by atoms with van der Waals surface area (Å²) in [5.41, 5.74) is 7.15. The van der Waals surface area contributed by atoms with Crippen LogP contribution in [0.25, 0.3) is 0 Å². The third-order valence-corrected chi connectivity index (χ3v) is 4.24. The molecule has 4 heteroatoms. The summed E-state index contributed by atoms with van der Waals surface area (Å²) in [6.07, 6.45) is 1.12. The third kappa shape index (κ3) is 2.91. The van der Waals surface area contributed by atoms with E-state index in [1.807, 2.05) is 12.1 Å². The molecule has 0 amide bonds. The summed E-state index contributed by atoms with van der Waals surface area (Å²) in [4.78, 5) is 2.34. The van der Waals surface area contributed by atoms with E-state index < -0.39 is 0 Å². The van der Waals surface area contributed by atoms with Gasteiger partial charge in [-0.3, -0.25) is 4.90 Å². The molecule has 3 N–H and O–H groups in total. The van der Waals surface area contributed by atoms with Gasteiger partial charge in [0.05, 0.1) is 13.7 Å². The van der Waals surface area contributed by atoms with E-state index in [0.717, 1.165) is 18.7 Å². The summed E-state index contributed by atoms with van der Waals surface area (Å²) < 4.78 is 5.18. The number of nitrogens with zero attached hydrogens (tertiary/aromatic N) is 1. The van der Waals surface area contributed by atoms with Crippen molar-refractivity contribution >= 4 is 0 Å². The standard InChI is InChI=1S/C15H24N2O2/c1-11-7-8-17(15(11)10-18)14(9-16)12-3-5-13(19-2)6-4-12/h3-6,11,14-15,18H,7-10,16H2,1-2H3. The second-order valence-corrected chi connectivity index (χ2v) is 5.28. The number of methoxy groups -OCH3 is 1. The first-order valence-electron chi connectivity index (χ1n) is 6.91. The fraction of sp³-hybridized carbons (Fsp3) is 0.600. The number of benzene rings is 1. The second-order valence-electron chi connectivity index (χ2n) is 5.28. The van der Waals surface area contributed by atoms with Crippen molar-refractivity contribution in [2.45, 2.75) is 25.4 Å². The zero-order valence-corrected chi connectivity index (χ0v) is 11.7. The molecule has 0 radical (unpaired) electrons. The number of rotatable bonds is 5. The predicted molar refractivity (Wildman–Crippen MR) is 76.2 cm³/mol. The zero-order valence-electron chi connectivity index (χ0n) is 11.7. The van der Waals surface area contributed by atoms with Gasteiger partial charge in [-0.05, 0) is 36.6 Å². The molecule has 3 unspecified atom stereocenters. The van der Waals surface area contributed by atoms with Crippen molar-refractivity contribution in [3.05, 3.63) is 29.8 Å². The van der Waals surface area contributed by atoms with Crippen LogP contribution in [0.5, 0.6) is 5.75 Å². The minimum absolute atomic E-state index is 0.174. The molecule has 0 bridgehead atoms. The van der Waals surface area contributed by atoms with Gasteiger partial charge in [-0.2, -0.15) is 0 Å². The van der Waals surface area contributed by atoms with Gasteiger partial charge in [-0.1, -0.05) is 19.1 Å². The number of likely N-dealkylation sites (tertiary alicyclic amines) is 1. The molecule has 1 heterocycles. The molecule has 1 fully saturated rings. The molecular weight excluding hydrogens is 240 g/mol. The Balaban J connectivity index is 2.18. The highest BCUT2D eigenvalue weighted by molar-refractivity contribution is 5.29. The Morgan fingerprint density at radius 3 is 2.63 bits per heavy atom. The SMILES string of the molecule is COc1ccc(C(CN)N2CCC(C)C2CO)cc1. The van der Waals surface area contributed by atoms with Gasteiger partial charge in [0.1, 0.15) is 5.75 Å². The maximum atomic E-state index is 9.58. The van der Waals surface area contributed by atoms with E-state index in [1.54, 1.807) is 7.11 Å². The monoisotopic (exact) mass is 264 g/mol. The first-order chi connectivity index (χ1) is 9.21. The summed E-state index contributed by atoms with van der Waals surface area (Å²) in [6, 6.07) is 8.45. The van der Waals surface area contributed by atoms with E-state index in [9.17, 15) is 5.11 Å². The van der Waals surface area contributed by atoms with Crippen LogP contribution in [0, 0.1) is 5.92 Å². The van der Waals surface area contributed by atoms with E-state index in [4.69, 9.17) is 10.5 Å². The largest absolute Gasteiger partial charge is 0.497 e. The van der Waals surface area contributed by atoms with Crippen molar-refractivity contribution in [3.8, 4) is 5.75 Å². The Kier molecular flexibility index (Phi) is 4.80. The number of aliphatic hydroxyl groups is 1. The van der Waals surface area contributed by atoms with Crippen LogP contribution in [0.3, 0.4) is 0 Å². The summed E-state index contributed by atoms with van der Waals surface area (Å²) in [6.45, 7) is 3.96. The topological polar surface area (TPSA) is 58.7 Å². The van der Waals surface area contributed by atoms with E-state index in [2.05, 4.69) is 24.0 Å². The molecule has 2 rings (SSSR count). The van der Waals surface area contributed by atoms with Gasteiger partial charge in [0.2, 0.25) is 0 Å². The van der Waals surface area contributed by atoms with E-state index in [-0.39, 0.29) is 18.7 Å². The van der Waals surface area contributed by atoms with Crippen LogP contribution in [0.2, 0.25) is 0 Å². The van der Waals surface area contributed by atoms with Gasteiger partial charge >= 0.3 is 0 Å². The van der Waals surface area contributed by atoms with Crippen LogP contribution in [0.15, 0.2) is 24.3 Å². The fourth-order valence-electron chi connectivity index (χ4n) is 3.00. The molecule has 19 heavy (non-hydrogen) atoms. The molecule has 1 aromatic rings. The summed E-state index contributed by atoms with van der Waals surface area (Å²) >= 11 is 0. The normalized spacial score (nSPS) is 25.5. The van der Waals surface area contributed by atoms with Crippen LogP contribution >= 0.6 is 0 Å². The molecule has 0 aromatic heterocycles. The van der Waals surface area contributed by atoms with Crippen molar-refractivity contribution in [2.75, 3.05) is 26.8 Å². The molecule has 3 atom stereocenters. The van der Waals surface area contributed by atoms with Gasteiger partial charge in [-0.25, -0.2) is 0 Å². The number of hydrogen-bond acceptors (Lipinski definition) is 4. The Bertz CT molecular complexity index is 394. The Morgan fingerprint density at radius 2 is 2.11 bits per heavy atom. The molecule has 0 aliphatic carbocycles. The van der Waals surface area contributed by atoms with E-state index >= 15 is 0 Å². The smallest absolute Gasteiger partial charge is 0.118 e. The molecular formula is C15H24N2O2. The highest BCUT2D eigenvalue weighted by atomic mass is 16.5. The average molecular weight is 264 g/mol. The van der Waals surface area contributed by atoms with Gasteiger partial charge in [-0.15, -0.1) is 0 Å². The van der Waals surface area contributed by atoms with Gasteiger partial charge in [0.15, 0.2) is 0 Å². The van der Waals surface area contributed by atoms with Crippen molar-refractivity contribution < 1.29 is 9.84 Å². The highest BCUT2D eigenvalue weighted by Crippen LogP contribution is 2.32. The Hall–Kier alpha value is -1.10. The van der Waals surface area contributed by atoms with Crippen molar-refractivity contribution in [3.63, 3.8) is 0 Å². The van der Waals surface area contributed by atoms with Gasteiger partial charge < -0.3 is 15.6 Å². The van der Waals surface area contributed by atoms with Crippen LogP contribution < -0.4 is 10.5 Å². The lowest BCUT2D eigenvalue weighted by atomic mass is 10.0. The summed E-state index contributed by atoms with van der Waals surface area (Å²) in [7, 11) is 1.67. The minimum atomic E-state index is 0.174. The lowest BCUT2D eigenvalue weighted by Gasteiger charge is -2.33. The quantitative estimate of drug-likeness (QED) is 0.844. The molecule has 1 aromatic carbocycles. The van der Waals surface area contributed by atoms with Crippen molar-refractivity contribution in [1.29, 1.82) is 0 Å². The Labute approximate surface area is 115 Å². The first-order valence-corrected chi connectivity index (χ1v) is 6.91. The van der Waals surface area contributed by atoms with Crippen molar-refractivity contribution in [2.24, 2.45) is 11.7 Å². The summed E-state index contributed by atoms with van der Waals surface area (Å²) in [5, 5.41) is 9.58. The minimum Gasteiger partial charge on any atom is -0.497 e. The third-order valence-electron chi connectivity index (χ3n) is 4.24. The number of nitrogens with two attached hydrogens (primary N) is 1. The zero-order chi connectivity index (χ0) is 13.8. The van der Waals surface area contributed by atoms with Gasteiger partial charge in [0, 0.05) is 18.6 Å². The number of ether oxygens (including phenoxy) is 1. The van der Waals surface area contributed by atoms with Gasteiger partial charge in [0.25, 0.3) is 0 Å². The van der Waals surface area contributed by atoms with Crippen LogP contribution in [0.1, 0.15) is 24.9 Å². The average Bonchev–Trinajstić information content (AvgIpc) is 2.81. The fourth-order valence-corrected chi connectivity index (χ4v) is 3.00. The molecule has 0 saturated carbocycles.